The minimum absolute atomic E-state index is 0.0380. The molecule has 2 rings (SSSR count). The van der Waals surface area contributed by atoms with Gasteiger partial charge in [0.2, 0.25) is 0 Å². The lowest BCUT2D eigenvalue weighted by atomic mass is 10.0. The fourth-order valence-corrected chi connectivity index (χ4v) is 2.23. The zero-order chi connectivity index (χ0) is 16.7. The van der Waals surface area contributed by atoms with E-state index in [0.29, 0.717) is 18.0 Å². The molecule has 0 bridgehead atoms. The summed E-state index contributed by atoms with van der Waals surface area (Å²) in [5.74, 6) is 0.862. The summed E-state index contributed by atoms with van der Waals surface area (Å²) >= 11 is 0. The van der Waals surface area contributed by atoms with Crippen molar-refractivity contribution in [3.8, 4) is 11.8 Å². The van der Waals surface area contributed by atoms with E-state index < -0.39 is 0 Å². The smallest absolute Gasteiger partial charge is 0.262 e. The predicted octanol–water partition coefficient (Wildman–Crippen LogP) is 3.89. The highest BCUT2D eigenvalue weighted by Gasteiger charge is 2.09. The van der Waals surface area contributed by atoms with Crippen LogP contribution < -0.4 is 10.1 Å². The maximum absolute atomic E-state index is 12.0. The first-order valence-corrected chi connectivity index (χ1v) is 7.57. The normalized spacial score (nSPS) is 10.2. The van der Waals surface area contributed by atoms with E-state index in [4.69, 9.17) is 10.00 Å². The van der Waals surface area contributed by atoms with Crippen molar-refractivity contribution in [1.29, 1.82) is 5.26 Å². The molecule has 0 spiro atoms. The van der Waals surface area contributed by atoms with Gasteiger partial charge in [0.1, 0.15) is 5.75 Å². The highest BCUT2D eigenvalue weighted by molar-refractivity contribution is 5.91. The third-order valence-corrected chi connectivity index (χ3v) is 3.42. The maximum Gasteiger partial charge on any atom is 0.262 e. The molecule has 0 aliphatic heterocycles. The lowest BCUT2D eigenvalue weighted by Crippen LogP contribution is -2.20. The van der Waals surface area contributed by atoms with Gasteiger partial charge in [-0.05, 0) is 35.2 Å². The van der Waals surface area contributed by atoms with Gasteiger partial charge in [0, 0.05) is 5.69 Å². The first kappa shape index (κ1) is 16.6. The number of nitriles is 1. The topological polar surface area (TPSA) is 62.1 Å². The Morgan fingerprint density at radius 1 is 1.17 bits per heavy atom. The molecule has 0 aromatic heterocycles. The van der Waals surface area contributed by atoms with Gasteiger partial charge in [-0.25, -0.2) is 0 Å². The van der Waals surface area contributed by atoms with Gasteiger partial charge in [-0.1, -0.05) is 44.2 Å². The molecule has 118 valence electrons. The zero-order valence-electron chi connectivity index (χ0n) is 13.4. The summed E-state index contributed by atoms with van der Waals surface area (Å²) in [6, 6.07) is 17.1. The van der Waals surface area contributed by atoms with E-state index in [1.807, 2.05) is 36.4 Å². The minimum Gasteiger partial charge on any atom is -0.483 e. The molecule has 1 N–H and O–H groups in total. The Balaban J connectivity index is 1.92. The lowest BCUT2D eigenvalue weighted by Gasteiger charge is -2.13. The largest absolute Gasteiger partial charge is 0.483 e. The Morgan fingerprint density at radius 2 is 1.87 bits per heavy atom. The van der Waals surface area contributed by atoms with E-state index in [1.54, 1.807) is 12.1 Å². The summed E-state index contributed by atoms with van der Waals surface area (Å²) in [6.07, 6.45) is 0.364. The van der Waals surface area contributed by atoms with Crippen molar-refractivity contribution in [2.24, 2.45) is 0 Å². The highest BCUT2D eigenvalue weighted by atomic mass is 16.5. The molecule has 23 heavy (non-hydrogen) atoms. The van der Waals surface area contributed by atoms with Gasteiger partial charge in [-0.15, -0.1) is 0 Å². The summed E-state index contributed by atoms with van der Waals surface area (Å²) in [5, 5.41) is 11.4. The van der Waals surface area contributed by atoms with E-state index in [-0.39, 0.29) is 12.5 Å². The summed E-state index contributed by atoms with van der Waals surface area (Å²) in [6.45, 7) is 4.14. The SMILES string of the molecule is CC(C)c1ccccc1OCC(=O)Nc1ccc(CC#N)cc1. The Bertz CT molecular complexity index is 700. The van der Waals surface area contributed by atoms with Crippen molar-refractivity contribution in [2.75, 3.05) is 11.9 Å². The molecule has 0 aliphatic rings. The van der Waals surface area contributed by atoms with E-state index in [0.717, 1.165) is 16.9 Å². The standard InChI is InChI=1S/C19H20N2O2/c1-14(2)17-5-3-4-6-18(17)23-13-19(22)21-16-9-7-15(8-10-16)11-12-20/h3-10,14H,11,13H2,1-2H3,(H,21,22). The number of ether oxygens (including phenoxy) is 1. The maximum atomic E-state index is 12.0. The fourth-order valence-electron chi connectivity index (χ4n) is 2.23. The Morgan fingerprint density at radius 3 is 2.52 bits per heavy atom. The van der Waals surface area contributed by atoms with Crippen molar-refractivity contribution in [3.05, 3.63) is 59.7 Å². The Labute approximate surface area is 136 Å². The number of hydrogen-bond donors (Lipinski definition) is 1. The van der Waals surface area contributed by atoms with E-state index in [9.17, 15) is 4.79 Å². The first-order valence-electron chi connectivity index (χ1n) is 7.57. The van der Waals surface area contributed by atoms with Crippen LogP contribution in [-0.2, 0) is 11.2 Å². The first-order chi connectivity index (χ1) is 11.1. The number of hydrogen-bond acceptors (Lipinski definition) is 3. The van der Waals surface area contributed by atoms with Crippen LogP contribution in [0.4, 0.5) is 5.69 Å². The van der Waals surface area contributed by atoms with E-state index in [2.05, 4.69) is 25.2 Å². The number of nitrogens with one attached hydrogen (secondary N) is 1. The summed E-state index contributed by atoms with van der Waals surface area (Å²) in [5.41, 5.74) is 2.70. The average molecular weight is 308 g/mol. The number of rotatable bonds is 6. The Kier molecular flexibility index (Phi) is 5.76. The van der Waals surface area contributed by atoms with Crippen molar-refractivity contribution in [3.63, 3.8) is 0 Å². The fraction of sp³-hybridized carbons (Fsp3) is 0.263. The molecule has 0 radical (unpaired) electrons. The molecule has 4 nitrogen and oxygen atoms in total. The third-order valence-electron chi connectivity index (χ3n) is 3.42. The number of para-hydroxylation sites is 1. The van der Waals surface area contributed by atoms with Crippen LogP contribution in [0.3, 0.4) is 0 Å². The second kappa shape index (κ2) is 8.00. The highest BCUT2D eigenvalue weighted by Crippen LogP contribution is 2.25. The van der Waals surface area contributed by atoms with Gasteiger partial charge in [0.05, 0.1) is 12.5 Å². The van der Waals surface area contributed by atoms with Crippen LogP contribution in [0.2, 0.25) is 0 Å². The van der Waals surface area contributed by atoms with Gasteiger partial charge >= 0.3 is 0 Å². The van der Waals surface area contributed by atoms with Crippen molar-refractivity contribution in [1.82, 2.24) is 0 Å². The number of carbonyl (C=O) groups excluding carboxylic acids is 1. The van der Waals surface area contributed by atoms with Crippen LogP contribution in [-0.4, -0.2) is 12.5 Å². The molecule has 1 amide bonds. The lowest BCUT2D eigenvalue weighted by molar-refractivity contribution is -0.118. The molecule has 0 heterocycles. The van der Waals surface area contributed by atoms with Crippen molar-refractivity contribution >= 4 is 11.6 Å². The summed E-state index contributed by atoms with van der Waals surface area (Å²) < 4.78 is 5.64. The summed E-state index contributed by atoms with van der Waals surface area (Å²) in [7, 11) is 0. The molecule has 0 fully saturated rings. The number of nitrogens with zero attached hydrogens (tertiary/aromatic N) is 1. The van der Waals surface area contributed by atoms with E-state index >= 15 is 0 Å². The summed E-state index contributed by atoms with van der Waals surface area (Å²) in [4.78, 5) is 12.0. The molecular weight excluding hydrogens is 288 g/mol. The molecule has 0 unspecified atom stereocenters. The van der Waals surface area contributed by atoms with Gasteiger partial charge in [-0.2, -0.15) is 5.26 Å². The molecular formula is C19H20N2O2. The van der Waals surface area contributed by atoms with Crippen LogP contribution >= 0.6 is 0 Å². The van der Waals surface area contributed by atoms with Crippen LogP contribution in [0, 0.1) is 11.3 Å². The second-order valence-corrected chi connectivity index (χ2v) is 5.56. The number of anilines is 1. The molecule has 0 saturated carbocycles. The molecule has 0 aliphatic carbocycles. The zero-order valence-corrected chi connectivity index (χ0v) is 13.4. The van der Waals surface area contributed by atoms with Crippen molar-refractivity contribution < 1.29 is 9.53 Å². The van der Waals surface area contributed by atoms with Crippen molar-refractivity contribution in [2.45, 2.75) is 26.2 Å². The predicted molar refractivity (Wildman–Crippen MR) is 90.4 cm³/mol. The molecule has 0 atom stereocenters. The van der Waals surface area contributed by atoms with Crippen LogP contribution in [0.5, 0.6) is 5.75 Å². The molecule has 2 aromatic rings. The monoisotopic (exact) mass is 308 g/mol. The van der Waals surface area contributed by atoms with Crippen LogP contribution in [0.15, 0.2) is 48.5 Å². The Hall–Kier alpha value is -2.80. The second-order valence-electron chi connectivity index (χ2n) is 5.56. The van der Waals surface area contributed by atoms with Gasteiger partial charge in [0.25, 0.3) is 5.91 Å². The average Bonchev–Trinajstić information content (AvgIpc) is 2.55. The van der Waals surface area contributed by atoms with Gasteiger partial charge in [0.15, 0.2) is 6.61 Å². The number of amides is 1. The van der Waals surface area contributed by atoms with Crippen LogP contribution in [0.1, 0.15) is 30.9 Å². The number of benzene rings is 2. The molecule has 0 saturated heterocycles. The van der Waals surface area contributed by atoms with Crippen LogP contribution in [0.25, 0.3) is 0 Å². The van der Waals surface area contributed by atoms with E-state index in [1.165, 1.54) is 0 Å². The third kappa shape index (κ3) is 4.86. The molecule has 2 aromatic carbocycles. The minimum atomic E-state index is -0.211. The molecule has 4 heteroatoms. The number of carbonyl (C=O) groups is 1. The van der Waals surface area contributed by atoms with Gasteiger partial charge in [-0.3, -0.25) is 4.79 Å². The van der Waals surface area contributed by atoms with Gasteiger partial charge < -0.3 is 10.1 Å². The quantitative estimate of drug-likeness (QED) is 0.880.